The summed E-state index contributed by atoms with van der Waals surface area (Å²) >= 11 is 0. The predicted molar refractivity (Wildman–Crippen MR) is 126 cm³/mol. The van der Waals surface area contributed by atoms with Crippen molar-refractivity contribution in [1.82, 2.24) is 5.32 Å². The summed E-state index contributed by atoms with van der Waals surface area (Å²) < 4.78 is 0. The maximum absolute atomic E-state index is 11.4. The summed E-state index contributed by atoms with van der Waals surface area (Å²) in [6, 6.07) is 0. The van der Waals surface area contributed by atoms with E-state index in [0.717, 1.165) is 19.0 Å². The van der Waals surface area contributed by atoms with Crippen molar-refractivity contribution < 1.29 is 4.79 Å². The Bertz CT molecular complexity index is 361. The van der Waals surface area contributed by atoms with Gasteiger partial charge in [0.05, 0.1) is 0 Å². The molecule has 0 amide bonds. The molecule has 166 valence electrons. The van der Waals surface area contributed by atoms with E-state index in [0.29, 0.717) is 12.0 Å². The Kier molecular flexibility index (Phi) is 20.6. The largest absolute Gasteiger partial charge is 0.316 e. The normalized spacial score (nSPS) is 11.3. The lowest BCUT2D eigenvalue weighted by atomic mass is 10.0. The number of unbranched alkanes of at least 4 members (excludes halogenated alkanes) is 14. The average Bonchev–Trinajstić information content (AvgIpc) is 2.65. The highest BCUT2D eigenvalue weighted by Gasteiger charge is 2.00. The van der Waals surface area contributed by atoms with E-state index in [2.05, 4.69) is 25.7 Å². The predicted octanol–water partition coefficient (Wildman–Crippen LogP) is 8.01. The van der Waals surface area contributed by atoms with E-state index in [4.69, 9.17) is 0 Å². The number of carbonyl (C=O) groups is 1. The quantitative estimate of drug-likeness (QED) is 0.149. The van der Waals surface area contributed by atoms with Crippen LogP contribution in [0, 0.1) is 5.92 Å². The molecule has 0 saturated carbocycles. The van der Waals surface area contributed by atoms with Crippen molar-refractivity contribution in [3.05, 3.63) is 12.2 Å². The van der Waals surface area contributed by atoms with E-state index < -0.39 is 0 Å². The molecule has 0 radical (unpaired) electrons. The minimum Gasteiger partial charge on any atom is -0.316 e. The average molecular weight is 394 g/mol. The van der Waals surface area contributed by atoms with Crippen molar-refractivity contribution in [2.45, 2.75) is 130 Å². The minimum atomic E-state index is 0.185. The molecule has 0 saturated heterocycles. The molecule has 0 aliphatic heterocycles. The van der Waals surface area contributed by atoms with Crippen LogP contribution < -0.4 is 5.32 Å². The van der Waals surface area contributed by atoms with Gasteiger partial charge in [-0.2, -0.15) is 0 Å². The van der Waals surface area contributed by atoms with Crippen molar-refractivity contribution >= 4 is 5.78 Å². The van der Waals surface area contributed by atoms with E-state index in [1.54, 1.807) is 6.92 Å². The zero-order valence-corrected chi connectivity index (χ0v) is 19.6. The highest BCUT2D eigenvalue weighted by Crippen LogP contribution is 2.14. The molecule has 0 atom stereocenters. The summed E-state index contributed by atoms with van der Waals surface area (Å²) in [6.07, 6.45) is 23.2. The van der Waals surface area contributed by atoms with Crippen LogP contribution >= 0.6 is 0 Å². The third kappa shape index (κ3) is 21.7. The van der Waals surface area contributed by atoms with E-state index in [1.807, 2.05) is 0 Å². The van der Waals surface area contributed by atoms with Crippen LogP contribution in [0.4, 0.5) is 0 Å². The number of rotatable bonds is 22. The molecule has 2 nitrogen and oxygen atoms in total. The molecule has 0 aliphatic rings. The second kappa shape index (κ2) is 21.1. The number of Topliss-reactive ketones (excluding diaryl/α,β-unsaturated/α-hetero) is 1. The highest BCUT2D eigenvalue weighted by molar-refractivity contribution is 5.94. The van der Waals surface area contributed by atoms with Gasteiger partial charge in [-0.1, -0.05) is 117 Å². The second-order valence-electron chi connectivity index (χ2n) is 9.19. The Morgan fingerprint density at radius 2 is 1.07 bits per heavy atom. The van der Waals surface area contributed by atoms with Gasteiger partial charge >= 0.3 is 0 Å². The maximum atomic E-state index is 11.4. The molecule has 0 bridgehead atoms. The first kappa shape index (κ1) is 27.4. The second-order valence-corrected chi connectivity index (χ2v) is 9.19. The number of allylic oxidation sites excluding steroid dienone is 1. The first-order valence-corrected chi connectivity index (χ1v) is 12.4. The van der Waals surface area contributed by atoms with Crippen LogP contribution in [0.2, 0.25) is 0 Å². The van der Waals surface area contributed by atoms with Crippen LogP contribution in [0.25, 0.3) is 0 Å². The minimum absolute atomic E-state index is 0.185. The van der Waals surface area contributed by atoms with Crippen molar-refractivity contribution in [1.29, 1.82) is 0 Å². The fourth-order valence-corrected chi connectivity index (χ4v) is 3.64. The van der Waals surface area contributed by atoms with Gasteiger partial charge in [0.1, 0.15) is 0 Å². The Hall–Kier alpha value is -0.630. The lowest BCUT2D eigenvalue weighted by molar-refractivity contribution is -0.115. The Morgan fingerprint density at radius 1 is 0.679 bits per heavy atom. The summed E-state index contributed by atoms with van der Waals surface area (Å²) in [5, 5.41) is 3.36. The van der Waals surface area contributed by atoms with Crippen molar-refractivity contribution in [3.8, 4) is 0 Å². The first-order chi connectivity index (χ1) is 13.5. The molecule has 0 unspecified atom stereocenters. The molecule has 2 heteroatoms. The first-order valence-electron chi connectivity index (χ1n) is 12.4. The summed E-state index contributed by atoms with van der Waals surface area (Å²) in [6.45, 7) is 12.0. The van der Waals surface area contributed by atoms with Gasteiger partial charge in [0.2, 0.25) is 0 Å². The van der Waals surface area contributed by atoms with E-state index in [1.165, 1.54) is 103 Å². The number of hydrogen-bond acceptors (Lipinski definition) is 2. The Balaban J connectivity index is 3.07. The topological polar surface area (TPSA) is 29.1 Å². The zero-order chi connectivity index (χ0) is 20.9. The highest BCUT2D eigenvalue weighted by atomic mass is 16.1. The Labute approximate surface area is 177 Å². The molecular weight excluding hydrogens is 342 g/mol. The standard InChI is InChI=1S/C26H51NO/c1-24(2)20-18-16-14-12-10-8-6-5-7-9-11-13-15-17-19-22-27-23-21-26(28)25(3)4/h24,27H,3,5-23H2,1-2,4H3. The van der Waals surface area contributed by atoms with Gasteiger partial charge in [0, 0.05) is 13.0 Å². The number of ketones is 1. The molecule has 0 fully saturated rings. The summed E-state index contributed by atoms with van der Waals surface area (Å²) in [4.78, 5) is 11.4. The molecule has 0 heterocycles. The summed E-state index contributed by atoms with van der Waals surface area (Å²) in [7, 11) is 0. The summed E-state index contributed by atoms with van der Waals surface area (Å²) in [5.74, 6) is 1.07. The van der Waals surface area contributed by atoms with Gasteiger partial charge in [-0.25, -0.2) is 0 Å². The van der Waals surface area contributed by atoms with Gasteiger partial charge in [-0.3, -0.25) is 4.79 Å². The molecule has 0 aliphatic carbocycles. The van der Waals surface area contributed by atoms with E-state index in [-0.39, 0.29) is 5.78 Å². The third-order valence-electron chi connectivity index (χ3n) is 5.64. The zero-order valence-electron chi connectivity index (χ0n) is 19.6. The van der Waals surface area contributed by atoms with Gasteiger partial charge in [-0.05, 0) is 31.4 Å². The van der Waals surface area contributed by atoms with E-state index in [9.17, 15) is 4.79 Å². The molecule has 0 aromatic rings. The van der Waals surface area contributed by atoms with Crippen LogP contribution in [0.15, 0.2) is 12.2 Å². The van der Waals surface area contributed by atoms with Gasteiger partial charge in [-0.15, -0.1) is 0 Å². The SMILES string of the molecule is C=C(C)C(=O)CCNCCCCCCCCCCCCCCCCCC(C)C. The van der Waals surface area contributed by atoms with Crippen molar-refractivity contribution in [3.63, 3.8) is 0 Å². The van der Waals surface area contributed by atoms with Crippen LogP contribution in [-0.2, 0) is 4.79 Å². The maximum Gasteiger partial charge on any atom is 0.159 e. The Morgan fingerprint density at radius 3 is 1.46 bits per heavy atom. The van der Waals surface area contributed by atoms with E-state index >= 15 is 0 Å². The smallest absolute Gasteiger partial charge is 0.159 e. The molecule has 0 aromatic heterocycles. The van der Waals surface area contributed by atoms with Crippen molar-refractivity contribution in [2.75, 3.05) is 13.1 Å². The van der Waals surface area contributed by atoms with Crippen LogP contribution in [0.3, 0.4) is 0 Å². The lowest BCUT2D eigenvalue weighted by Crippen LogP contribution is -2.19. The van der Waals surface area contributed by atoms with Crippen LogP contribution in [0.5, 0.6) is 0 Å². The molecular formula is C26H51NO. The van der Waals surface area contributed by atoms with Gasteiger partial charge in [0.25, 0.3) is 0 Å². The van der Waals surface area contributed by atoms with Gasteiger partial charge < -0.3 is 5.32 Å². The van der Waals surface area contributed by atoms with Crippen LogP contribution in [-0.4, -0.2) is 18.9 Å². The van der Waals surface area contributed by atoms with Crippen molar-refractivity contribution in [2.24, 2.45) is 5.92 Å². The molecule has 0 rings (SSSR count). The fraction of sp³-hybridized carbons (Fsp3) is 0.885. The third-order valence-corrected chi connectivity index (χ3v) is 5.64. The monoisotopic (exact) mass is 393 g/mol. The number of nitrogens with one attached hydrogen (secondary N) is 1. The number of hydrogen-bond donors (Lipinski definition) is 1. The fourth-order valence-electron chi connectivity index (χ4n) is 3.64. The molecule has 0 spiro atoms. The number of carbonyl (C=O) groups excluding carboxylic acids is 1. The lowest BCUT2D eigenvalue weighted by Gasteiger charge is -2.05. The van der Waals surface area contributed by atoms with Gasteiger partial charge in [0.15, 0.2) is 5.78 Å². The van der Waals surface area contributed by atoms with Crippen LogP contribution in [0.1, 0.15) is 130 Å². The molecule has 28 heavy (non-hydrogen) atoms. The molecule has 1 N–H and O–H groups in total. The molecule has 0 aromatic carbocycles. The summed E-state index contributed by atoms with van der Waals surface area (Å²) in [5.41, 5.74) is 0.675.